The third kappa shape index (κ3) is 10.7. The Hall–Kier alpha value is -4.83. The molecule has 46 heavy (non-hydrogen) atoms. The summed E-state index contributed by atoms with van der Waals surface area (Å²) < 4.78 is 23.2. The summed E-state index contributed by atoms with van der Waals surface area (Å²) in [7, 11) is 0. The van der Waals surface area contributed by atoms with E-state index in [0.717, 1.165) is 11.1 Å². The molecule has 244 valence electrons. The standard InChI is InChI=1S/C36H43N3O7/c1-35(2,3)45-33(41)29(40)17-18-37-32-28(39-34(42)46-36(4,5)6)19-26-20-30(43-22-24-13-9-7-10-14-24)31(21-27(26)38-32)44-23-25-15-11-8-12-16-25/h7-16,19-21,29,40H,17-18,22-23H2,1-6H3,(H,37,38)(H,39,42)/t29-/m1/s1. The summed E-state index contributed by atoms with van der Waals surface area (Å²) in [6.45, 7) is 11.3. The molecule has 3 aromatic carbocycles. The first-order valence-corrected chi connectivity index (χ1v) is 15.2. The number of nitrogens with one attached hydrogen (secondary N) is 2. The highest BCUT2D eigenvalue weighted by Crippen LogP contribution is 2.36. The van der Waals surface area contributed by atoms with Crippen LogP contribution in [-0.4, -0.2) is 46.0 Å². The van der Waals surface area contributed by atoms with E-state index < -0.39 is 29.4 Å². The molecule has 0 unspecified atom stereocenters. The van der Waals surface area contributed by atoms with Crippen LogP contribution in [0.5, 0.6) is 11.5 Å². The molecule has 0 aliphatic rings. The van der Waals surface area contributed by atoms with E-state index in [0.29, 0.717) is 47.1 Å². The van der Waals surface area contributed by atoms with Crippen LogP contribution in [0.4, 0.5) is 16.3 Å². The predicted octanol–water partition coefficient (Wildman–Crippen LogP) is 7.24. The van der Waals surface area contributed by atoms with Crippen LogP contribution in [-0.2, 0) is 27.5 Å². The number of ether oxygens (including phenoxy) is 4. The average Bonchev–Trinajstić information content (AvgIpc) is 2.98. The predicted molar refractivity (Wildman–Crippen MR) is 178 cm³/mol. The van der Waals surface area contributed by atoms with Crippen LogP contribution < -0.4 is 20.1 Å². The number of fused-ring (bicyclic) bond motifs is 1. The third-order valence-electron chi connectivity index (χ3n) is 6.38. The van der Waals surface area contributed by atoms with E-state index in [4.69, 9.17) is 23.9 Å². The van der Waals surface area contributed by atoms with E-state index in [1.807, 2.05) is 66.7 Å². The van der Waals surface area contributed by atoms with E-state index in [9.17, 15) is 14.7 Å². The Bertz CT molecular complexity index is 1610. The summed E-state index contributed by atoms with van der Waals surface area (Å²) in [5, 5.41) is 17.0. The normalized spacial score (nSPS) is 12.2. The third-order valence-corrected chi connectivity index (χ3v) is 6.38. The lowest BCUT2D eigenvalue weighted by Crippen LogP contribution is -2.33. The summed E-state index contributed by atoms with van der Waals surface area (Å²) in [6.07, 6.45) is -1.94. The first-order chi connectivity index (χ1) is 21.8. The number of hydrogen-bond acceptors (Lipinski definition) is 9. The van der Waals surface area contributed by atoms with Crippen molar-refractivity contribution in [3.63, 3.8) is 0 Å². The molecule has 0 bridgehead atoms. The first-order valence-electron chi connectivity index (χ1n) is 15.2. The van der Waals surface area contributed by atoms with E-state index in [1.54, 1.807) is 53.7 Å². The molecule has 3 N–H and O–H groups in total. The van der Waals surface area contributed by atoms with Crippen molar-refractivity contribution in [2.75, 3.05) is 17.2 Å². The smallest absolute Gasteiger partial charge is 0.412 e. The van der Waals surface area contributed by atoms with Crippen LogP contribution in [0.15, 0.2) is 78.9 Å². The molecule has 0 saturated carbocycles. The molecule has 1 aromatic heterocycles. The molecular formula is C36H43N3O7. The summed E-state index contributed by atoms with van der Waals surface area (Å²) in [5.74, 6) is 0.621. The quantitative estimate of drug-likeness (QED) is 0.139. The van der Waals surface area contributed by atoms with Crippen molar-refractivity contribution in [3.05, 3.63) is 90.0 Å². The number of aliphatic hydroxyl groups is 1. The molecule has 0 spiro atoms. The maximum atomic E-state index is 12.8. The number of carbonyl (C=O) groups excluding carboxylic acids is 2. The zero-order valence-corrected chi connectivity index (χ0v) is 27.3. The Labute approximate surface area is 270 Å². The first kappa shape index (κ1) is 34.1. The van der Waals surface area contributed by atoms with Crippen molar-refractivity contribution >= 4 is 34.5 Å². The van der Waals surface area contributed by atoms with E-state index in [-0.39, 0.29) is 13.0 Å². The largest absolute Gasteiger partial charge is 0.485 e. The lowest BCUT2D eigenvalue weighted by Gasteiger charge is -2.22. The van der Waals surface area contributed by atoms with Crippen molar-refractivity contribution in [1.29, 1.82) is 0 Å². The molecule has 0 aliphatic carbocycles. The number of aliphatic hydroxyl groups excluding tert-OH is 1. The Morgan fingerprint density at radius 3 is 1.87 bits per heavy atom. The van der Waals surface area contributed by atoms with E-state index in [1.165, 1.54) is 0 Å². The molecule has 1 amide bonds. The Kier molecular flexibility index (Phi) is 11.1. The van der Waals surface area contributed by atoms with Crippen LogP contribution in [0.2, 0.25) is 0 Å². The average molecular weight is 630 g/mol. The van der Waals surface area contributed by atoms with Gasteiger partial charge in [0.2, 0.25) is 0 Å². The number of pyridine rings is 1. The van der Waals surface area contributed by atoms with Crippen molar-refractivity contribution in [3.8, 4) is 11.5 Å². The van der Waals surface area contributed by atoms with Crippen molar-refractivity contribution < 1.29 is 33.6 Å². The highest BCUT2D eigenvalue weighted by atomic mass is 16.6. The second kappa shape index (κ2) is 15.0. The molecule has 0 radical (unpaired) electrons. The SMILES string of the molecule is CC(C)(C)OC(=O)Nc1cc2cc(OCc3ccccc3)c(OCc3ccccc3)cc2nc1NCC[C@@H](O)C(=O)OC(C)(C)C. The Morgan fingerprint density at radius 1 is 0.783 bits per heavy atom. The van der Waals surface area contributed by atoms with Crippen molar-refractivity contribution in [1.82, 2.24) is 4.98 Å². The van der Waals surface area contributed by atoms with Gasteiger partial charge in [0, 0.05) is 24.4 Å². The number of esters is 1. The number of aromatic nitrogens is 1. The molecular weight excluding hydrogens is 586 g/mol. The van der Waals surface area contributed by atoms with Gasteiger partial charge >= 0.3 is 12.1 Å². The van der Waals surface area contributed by atoms with Gasteiger partial charge in [-0.15, -0.1) is 0 Å². The summed E-state index contributed by atoms with van der Waals surface area (Å²) >= 11 is 0. The van der Waals surface area contributed by atoms with E-state index in [2.05, 4.69) is 10.6 Å². The van der Waals surface area contributed by atoms with Crippen LogP contribution in [0, 0.1) is 0 Å². The number of amides is 1. The molecule has 1 heterocycles. The van der Waals surface area contributed by atoms with Gasteiger partial charge in [-0.3, -0.25) is 5.32 Å². The topological polar surface area (TPSA) is 128 Å². The van der Waals surface area contributed by atoms with Gasteiger partial charge in [0.05, 0.1) is 11.2 Å². The van der Waals surface area contributed by atoms with Gasteiger partial charge in [0.15, 0.2) is 23.4 Å². The molecule has 10 nitrogen and oxygen atoms in total. The number of hydrogen-bond donors (Lipinski definition) is 3. The van der Waals surface area contributed by atoms with Crippen molar-refractivity contribution in [2.24, 2.45) is 0 Å². The minimum absolute atomic E-state index is 0.0538. The number of nitrogens with zero attached hydrogens (tertiary/aromatic N) is 1. The van der Waals surface area contributed by atoms with Crippen LogP contribution in [0.3, 0.4) is 0 Å². The van der Waals surface area contributed by atoms with E-state index >= 15 is 0 Å². The monoisotopic (exact) mass is 629 g/mol. The fourth-order valence-corrected chi connectivity index (χ4v) is 4.34. The zero-order chi connectivity index (χ0) is 33.3. The summed E-state index contributed by atoms with van der Waals surface area (Å²) in [6, 6.07) is 25.0. The Morgan fingerprint density at radius 2 is 1.33 bits per heavy atom. The van der Waals surface area contributed by atoms with Gasteiger partial charge in [-0.25, -0.2) is 14.6 Å². The zero-order valence-electron chi connectivity index (χ0n) is 27.3. The molecule has 0 aliphatic heterocycles. The van der Waals surface area contributed by atoms with Gasteiger partial charge in [-0.05, 0) is 64.8 Å². The fraction of sp³-hybridized carbons (Fsp3) is 0.361. The highest BCUT2D eigenvalue weighted by molar-refractivity contribution is 5.95. The van der Waals surface area contributed by atoms with Crippen LogP contribution >= 0.6 is 0 Å². The lowest BCUT2D eigenvalue weighted by atomic mass is 10.1. The minimum Gasteiger partial charge on any atom is -0.485 e. The molecule has 0 fully saturated rings. The molecule has 1 atom stereocenters. The van der Waals surface area contributed by atoms with Gasteiger partial charge in [0.1, 0.15) is 24.4 Å². The van der Waals surface area contributed by atoms with Crippen LogP contribution in [0.25, 0.3) is 10.9 Å². The van der Waals surface area contributed by atoms with Gasteiger partial charge in [-0.2, -0.15) is 0 Å². The maximum Gasteiger partial charge on any atom is 0.412 e. The maximum absolute atomic E-state index is 12.8. The van der Waals surface area contributed by atoms with Gasteiger partial charge < -0.3 is 29.4 Å². The number of anilines is 2. The lowest BCUT2D eigenvalue weighted by molar-refractivity contribution is -0.165. The van der Waals surface area contributed by atoms with Gasteiger partial charge in [-0.1, -0.05) is 60.7 Å². The number of carbonyl (C=O) groups is 2. The van der Waals surface area contributed by atoms with Crippen LogP contribution in [0.1, 0.15) is 59.1 Å². The van der Waals surface area contributed by atoms with Gasteiger partial charge in [0.25, 0.3) is 0 Å². The minimum atomic E-state index is -1.34. The second-order valence-corrected chi connectivity index (χ2v) is 12.8. The summed E-state index contributed by atoms with van der Waals surface area (Å²) in [4.78, 5) is 29.9. The molecule has 4 aromatic rings. The molecule has 0 saturated heterocycles. The Balaban J connectivity index is 1.65. The van der Waals surface area contributed by atoms with Crippen molar-refractivity contribution in [2.45, 2.75) is 78.5 Å². The fourth-order valence-electron chi connectivity index (χ4n) is 4.34. The number of rotatable bonds is 12. The number of benzene rings is 3. The highest BCUT2D eigenvalue weighted by Gasteiger charge is 2.24. The summed E-state index contributed by atoms with van der Waals surface area (Å²) in [5.41, 5.74) is 1.46. The second-order valence-electron chi connectivity index (χ2n) is 12.8. The molecule has 4 rings (SSSR count). The molecule has 10 heteroatoms.